The van der Waals surface area contributed by atoms with Gasteiger partial charge >= 0.3 is 0 Å². The third kappa shape index (κ3) is 2.10. The summed E-state index contributed by atoms with van der Waals surface area (Å²) >= 11 is 0. The fourth-order valence-electron chi connectivity index (χ4n) is 1.86. The Labute approximate surface area is 99.3 Å². The number of hydrogen-bond donors (Lipinski definition) is 3. The number of hydrogen-bond acceptors (Lipinski definition) is 4. The van der Waals surface area contributed by atoms with Gasteiger partial charge in [-0.2, -0.15) is 0 Å². The van der Waals surface area contributed by atoms with Crippen LogP contribution in [0.5, 0.6) is 0 Å². The Bertz CT molecular complexity index is 530. The van der Waals surface area contributed by atoms with Gasteiger partial charge in [0.2, 0.25) is 0 Å². The van der Waals surface area contributed by atoms with E-state index in [-0.39, 0.29) is 6.10 Å². The van der Waals surface area contributed by atoms with Crippen LogP contribution in [0, 0.1) is 0 Å². The van der Waals surface area contributed by atoms with Crippen molar-refractivity contribution in [2.24, 2.45) is 0 Å². The minimum Gasteiger partial charge on any atom is -0.392 e. The van der Waals surface area contributed by atoms with Crippen LogP contribution in [-0.4, -0.2) is 32.7 Å². The molecule has 1 aliphatic rings. The standard InChI is InChI=1S/C12H16N4O/c1-7(17)6-14-12-9-4-5-13-11(9)15-10(16-12)8-2-3-8/h4-5,7-8,17H,2-3,6H2,1H3,(H2,13,14,15,16)/t7-/m1/s1. The number of nitrogens with one attached hydrogen (secondary N) is 2. The van der Waals surface area contributed by atoms with E-state index < -0.39 is 0 Å². The molecule has 0 amide bonds. The molecule has 1 fully saturated rings. The molecule has 17 heavy (non-hydrogen) atoms. The number of anilines is 1. The average molecular weight is 232 g/mol. The third-order valence-electron chi connectivity index (χ3n) is 2.94. The van der Waals surface area contributed by atoms with Crippen molar-refractivity contribution < 1.29 is 5.11 Å². The SMILES string of the molecule is C[C@@H](O)CNc1nc(C2CC2)nc2[nH]ccc12. The monoisotopic (exact) mass is 232 g/mol. The number of aliphatic hydroxyl groups is 1. The molecule has 1 aliphatic carbocycles. The maximum Gasteiger partial charge on any atom is 0.143 e. The van der Waals surface area contributed by atoms with Crippen LogP contribution in [0.1, 0.15) is 31.5 Å². The molecule has 5 nitrogen and oxygen atoms in total. The molecule has 1 saturated carbocycles. The molecular formula is C12H16N4O. The molecule has 0 unspecified atom stereocenters. The predicted molar refractivity (Wildman–Crippen MR) is 66.0 cm³/mol. The molecule has 5 heteroatoms. The number of aliphatic hydroxyl groups excluding tert-OH is 1. The van der Waals surface area contributed by atoms with E-state index in [9.17, 15) is 5.11 Å². The second-order valence-corrected chi connectivity index (χ2v) is 4.67. The first-order valence-corrected chi connectivity index (χ1v) is 6.01. The maximum absolute atomic E-state index is 9.31. The number of fused-ring (bicyclic) bond motifs is 1. The van der Waals surface area contributed by atoms with Gasteiger partial charge < -0.3 is 15.4 Å². The van der Waals surface area contributed by atoms with Gasteiger partial charge in [0.15, 0.2) is 0 Å². The molecular weight excluding hydrogens is 216 g/mol. The number of H-pyrrole nitrogens is 1. The molecule has 2 aromatic rings. The van der Waals surface area contributed by atoms with E-state index in [0.29, 0.717) is 12.5 Å². The van der Waals surface area contributed by atoms with Crippen LogP contribution in [0.15, 0.2) is 12.3 Å². The minimum absolute atomic E-state index is 0.386. The lowest BCUT2D eigenvalue weighted by Gasteiger charge is -2.09. The van der Waals surface area contributed by atoms with Gasteiger partial charge in [-0.05, 0) is 25.8 Å². The zero-order valence-electron chi connectivity index (χ0n) is 9.77. The summed E-state index contributed by atoms with van der Waals surface area (Å²) in [5.41, 5.74) is 0.870. The van der Waals surface area contributed by atoms with Crippen LogP contribution < -0.4 is 5.32 Å². The quantitative estimate of drug-likeness (QED) is 0.749. The van der Waals surface area contributed by atoms with Crippen molar-refractivity contribution in [3.8, 4) is 0 Å². The van der Waals surface area contributed by atoms with Gasteiger partial charge in [0.25, 0.3) is 0 Å². The van der Waals surface area contributed by atoms with Crippen LogP contribution in [0.2, 0.25) is 0 Å². The van der Waals surface area contributed by atoms with Crippen molar-refractivity contribution in [1.82, 2.24) is 15.0 Å². The molecule has 1 atom stereocenters. The molecule has 90 valence electrons. The molecule has 2 heterocycles. The molecule has 0 aromatic carbocycles. The highest BCUT2D eigenvalue weighted by Gasteiger charge is 2.27. The van der Waals surface area contributed by atoms with Crippen LogP contribution >= 0.6 is 0 Å². The highest BCUT2D eigenvalue weighted by atomic mass is 16.3. The first-order valence-electron chi connectivity index (χ1n) is 6.01. The fraction of sp³-hybridized carbons (Fsp3) is 0.500. The van der Waals surface area contributed by atoms with Gasteiger partial charge in [-0.25, -0.2) is 9.97 Å². The van der Waals surface area contributed by atoms with Crippen LogP contribution in [0.4, 0.5) is 5.82 Å². The Hall–Kier alpha value is -1.62. The second kappa shape index (κ2) is 4.00. The zero-order chi connectivity index (χ0) is 11.8. The summed E-state index contributed by atoms with van der Waals surface area (Å²) in [5, 5.41) is 13.5. The van der Waals surface area contributed by atoms with Gasteiger partial charge in [-0.1, -0.05) is 0 Å². The van der Waals surface area contributed by atoms with Gasteiger partial charge in [0, 0.05) is 18.7 Å². The van der Waals surface area contributed by atoms with Crippen molar-refractivity contribution in [2.45, 2.75) is 31.8 Å². The van der Waals surface area contributed by atoms with Gasteiger partial charge in [0.1, 0.15) is 17.3 Å². The fourth-order valence-corrected chi connectivity index (χ4v) is 1.86. The first kappa shape index (κ1) is 10.5. The molecule has 0 aliphatic heterocycles. The summed E-state index contributed by atoms with van der Waals surface area (Å²) in [7, 11) is 0. The lowest BCUT2D eigenvalue weighted by molar-refractivity contribution is 0.208. The average Bonchev–Trinajstić information content (AvgIpc) is 3.04. The molecule has 2 aromatic heterocycles. The Morgan fingerprint density at radius 1 is 1.53 bits per heavy atom. The predicted octanol–water partition coefficient (Wildman–Crippen LogP) is 1.63. The number of aromatic nitrogens is 3. The highest BCUT2D eigenvalue weighted by molar-refractivity contribution is 5.87. The Morgan fingerprint density at radius 3 is 3.06 bits per heavy atom. The summed E-state index contributed by atoms with van der Waals surface area (Å²) in [6.07, 6.45) is 3.84. The van der Waals surface area contributed by atoms with Crippen molar-refractivity contribution >= 4 is 16.9 Å². The Balaban J connectivity index is 1.97. The number of aromatic amines is 1. The van der Waals surface area contributed by atoms with E-state index in [0.717, 1.165) is 22.7 Å². The summed E-state index contributed by atoms with van der Waals surface area (Å²) in [6, 6.07) is 1.95. The zero-order valence-corrected chi connectivity index (χ0v) is 9.77. The second-order valence-electron chi connectivity index (χ2n) is 4.67. The van der Waals surface area contributed by atoms with E-state index >= 15 is 0 Å². The summed E-state index contributed by atoms with van der Waals surface area (Å²) in [4.78, 5) is 12.2. The van der Waals surface area contributed by atoms with Crippen LogP contribution in [-0.2, 0) is 0 Å². The largest absolute Gasteiger partial charge is 0.392 e. The van der Waals surface area contributed by atoms with Crippen molar-refractivity contribution in [3.63, 3.8) is 0 Å². The molecule has 3 N–H and O–H groups in total. The smallest absolute Gasteiger partial charge is 0.143 e. The molecule has 3 rings (SSSR count). The van der Waals surface area contributed by atoms with E-state index in [1.165, 1.54) is 12.8 Å². The van der Waals surface area contributed by atoms with Crippen LogP contribution in [0.3, 0.4) is 0 Å². The van der Waals surface area contributed by atoms with Crippen molar-refractivity contribution in [1.29, 1.82) is 0 Å². The highest BCUT2D eigenvalue weighted by Crippen LogP contribution is 2.39. The summed E-state index contributed by atoms with van der Waals surface area (Å²) in [5.74, 6) is 2.25. The summed E-state index contributed by atoms with van der Waals surface area (Å²) in [6.45, 7) is 2.26. The molecule has 0 spiro atoms. The van der Waals surface area contributed by atoms with E-state index in [4.69, 9.17) is 0 Å². The van der Waals surface area contributed by atoms with Gasteiger partial charge in [-0.3, -0.25) is 0 Å². The Kier molecular flexibility index (Phi) is 2.48. The van der Waals surface area contributed by atoms with Gasteiger partial charge in [-0.15, -0.1) is 0 Å². The molecule has 0 saturated heterocycles. The van der Waals surface area contributed by atoms with Crippen LogP contribution in [0.25, 0.3) is 11.0 Å². The molecule has 0 bridgehead atoms. The van der Waals surface area contributed by atoms with E-state index in [1.54, 1.807) is 6.92 Å². The number of rotatable bonds is 4. The number of nitrogens with zero attached hydrogens (tertiary/aromatic N) is 2. The minimum atomic E-state index is -0.386. The Morgan fingerprint density at radius 2 is 2.35 bits per heavy atom. The molecule has 0 radical (unpaired) electrons. The van der Waals surface area contributed by atoms with E-state index in [2.05, 4.69) is 20.3 Å². The maximum atomic E-state index is 9.31. The lowest BCUT2D eigenvalue weighted by Crippen LogP contribution is -2.16. The topological polar surface area (TPSA) is 73.8 Å². The van der Waals surface area contributed by atoms with Gasteiger partial charge in [0.05, 0.1) is 11.5 Å². The summed E-state index contributed by atoms with van der Waals surface area (Å²) < 4.78 is 0. The van der Waals surface area contributed by atoms with Crippen molar-refractivity contribution in [3.05, 3.63) is 18.1 Å². The first-order chi connectivity index (χ1) is 8.24. The third-order valence-corrected chi connectivity index (χ3v) is 2.94. The normalized spacial score (nSPS) is 17.3. The van der Waals surface area contributed by atoms with E-state index in [1.807, 2.05) is 12.3 Å². The lowest BCUT2D eigenvalue weighted by atomic mass is 10.3. The van der Waals surface area contributed by atoms with Crippen molar-refractivity contribution in [2.75, 3.05) is 11.9 Å².